The van der Waals surface area contributed by atoms with E-state index < -0.39 is 0 Å². The number of rotatable bonds is 3. The van der Waals surface area contributed by atoms with Gasteiger partial charge in [-0.05, 0) is 26.2 Å². The van der Waals surface area contributed by atoms with Gasteiger partial charge in [-0.2, -0.15) is 5.10 Å². The number of nitrogens with one attached hydrogen (secondary N) is 1. The predicted molar refractivity (Wildman–Crippen MR) is 65.8 cm³/mol. The zero-order valence-corrected chi connectivity index (χ0v) is 11.2. The van der Waals surface area contributed by atoms with Crippen molar-refractivity contribution in [3.05, 3.63) is 17.5 Å². The largest absolute Gasteiger partial charge is 0.346 e. The average Bonchev–Trinajstić information content (AvgIpc) is 2.54. The van der Waals surface area contributed by atoms with Gasteiger partial charge in [0.15, 0.2) is 0 Å². The van der Waals surface area contributed by atoms with Gasteiger partial charge in [0.1, 0.15) is 0 Å². The van der Waals surface area contributed by atoms with Crippen molar-refractivity contribution in [3.63, 3.8) is 0 Å². The lowest BCUT2D eigenvalue weighted by molar-refractivity contribution is 0.0856. The molecule has 0 aromatic carbocycles. The quantitative estimate of drug-likeness (QED) is 0.861. The van der Waals surface area contributed by atoms with Crippen LogP contribution in [0.3, 0.4) is 0 Å². The average molecular weight is 286 g/mol. The van der Waals surface area contributed by atoms with Crippen LogP contribution in [-0.2, 0) is 7.05 Å². The van der Waals surface area contributed by atoms with Gasteiger partial charge in [0.05, 0.1) is 17.3 Å². The number of carbonyl (C=O) groups is 1. The fourth-order valence-electron chi connectivity index (χ4n) is 1.93. The molecule has 1 aromatic rings. The SMILES string of the molecule is Cc1c(C(=O)NC2(CBr)CCC2)cnn1C. The van der Waals surface area contributed by atoms with Crippen molar-refractivity contribution in [1.82, 2.24) is 15.1 Å². The minimum absolute atomic E-state index is 0.00949. The molecule has 4 nitrogen and oxygen atoms in total. The third kappa shape index (κ3) is 1.88. The molecule has 16 heavy (non-hydrogen) atoms. The Kier molecular flexibility index (Phi) is 3.06. The number of hydrogen-bond donors (Lipinski definition) is 1. The number of amides is 1. The summed E-state index contributed by atoms with van der Waals surface area (Å²) in [6, 6.07) is 0. The lowest BCUT2D eigenvalue weighted by Gasteiger charge is -2.41. The van der Waals surface area contributed by atoms with Crippen LogP contribution >= 0.6 is 15.9 Å². The van der Waals surface area contributed by atoms with Crippen LogP contribution in [0.5, 0.6) is 0 Å². The second-order valence-corrected chi connectivity index (χ2v) is 5.05. The number of halogens is 1. The molecule has 0 aliphatic heterocycles. The summed E-state index contributed by atoms with van der Waals surface area (Å²) in [4.78, 5) is 12.1. The van der Waals surface area contributed by atoms with E-state index >= 15 is 0 Å². The first kappa shape index (κ1) is 11.6. The maximum atomic E-state index is 12.1. The Balaban J connectivity index is 2.11. The van der Waals surface area contributed by atoms with Crippen LogP contribution in [0.25, 0.3) is 0 Å². The molecule has 0 unspecified atom stereocenters. The fourth-order valence-corrected chi connectivity index (χ4v) is 2.63. The molecule has 0 atom stereocenters. The Hall–Kier alpha value is -0.840. The molecule has 88 valence electrons. The molecule has 0 radical (unpaired) electrons. The van der Waals surface area contributed by atoms with Gasteiger partial charge in [0.25, 0.3) is 5.91 Å². The lowest BCUT2D eigenvalue weighted by atomic mass is 9.78. The Labute approximate surface area is 104 Å². The molecule has 5 heteroatoms. The summed E-state index contributed by atoms with van der Waals surface area (Å²) >= 11 is 3.47. The maximum absolute atomic E-state index is 12.1. The first-order chi connectivity index (χ1) is 7.58. The van der Waals surface area contributed by atoms with Crippen LogP contribution in [0.4, 0.5) is 0 Å². The van der Waals surface area contributed by atoms with E-state index in [1.807, 2.05) is 14.0 Å². The van der Waals surface area contributed by atoms with E-state index in [9.17, 15) is 4.79 Å². The Bertz CT molecular complexity index is 404. The number of alkyl halides is 1. The molecular weight excluding hydrogens is 270 g/mol. The van der Waals surface area contributed by atoms with Gasteiger partial charge >= 0.3 is 0 Å². The first-order valence-electron chi connectivity index (χ1n) is 5.45. The third-order valence-corrected chi connectivity index (χ3v) is 4.50. The van der Waals surface area contributed by atoms with E-state index in [4.69, 9.17) is 0 Å². The van der Waals surface area contributed by atoms with Crippen LogP contribution < -0.4 is 5.32 Å². The summed E-state index contributed by atoms with van der Waals surface area (Å²) < 4.78 is 1.72. The highest BCUT2D eigenvalue weighted by atomic mass is 79.9. The third-order valence-electron chi connectivity index (χ3n) is 3.43. The smallest absolute Gasteiger partial charge is 0.255 e. The Morgan fingerprint density at radius 1 is 1.69 bits per heavy atom. The number of aryl methyl sites for hydroxylation is 1. The zero-order chi connectivity index (χ0) is 11.8. The van der Waals surface area contributed by atoms with Crippen LogP contribution in [0.1, 0.15) is 35.3 Å². The van der Waals surface area contributed by atoms with Crippen molar-refractivity contribution in [3.8, 4) is 0 Å². The molecule has 1 saturated carbocycles. The van der Waals surface area contributed by atoms with Crippen molar-refractivity contribution in [2.24, 2.45) is 7.05 Å². The van der Waals surface area contributed by atoms with Gasteiger partial charge < -0.3 is 5.32 Å². The van der Waals surface area contributed by atoms with E-state index in [0.29, 0.717) is 5.56 Å². The van der Waals surface area contributed by atoms with E-state index in [1.54, 1.807) is 10.9 Å². The highest BCUT2D eigenvalue weighted by Gasteiger charge is 2.37. The molecule has 1 aliphatic rings. The molecule has 1 aliphatic carbocycles. The molecule has 1 amide bonds. The fraction of sp³-hybridized carbons (Fsp3) is 0.636. The van der Waals surface area contributed by atoms with E-state index in [0.717, 1.165) is 23.9 Å². The minimum Gasteiger partial charge on any atom is -0.346 e. The molecule has 0 saturated heterocycles. The Morgan fingerprint density at radius 3 is 2.75 bits per heavy atom. The molecule has 1 fully saturated rings. The standard InChI is InChI=1S/C11H16BrN3O/c1-8-9(6-13-15(8)2)10(16)14-11(7-12)4-3-5-11/h6H,3-5,7H2,1-2H3,(H,14,16). The van der Waals surface area contributed by atoms with Gasteiger partial charge in [-0.3, -0.25) is 9.48 Å². The summed E-state index contributed by atoms with van der Waals surface area (Å²) in [5, 5.41) is 8.02. The molecule has 0 bridgehead atoms. The van der Waals surface area contributed by atoms with Crippen LogP contribution in [-0.4, -0.2) is 26.6 Å². The predicted octanol–water partition coefficient (Wildman–Crippen LogP) is 1.78. The number of aromatic nitrogens is 2. The van der Waals surface area contributed by atoms with Gasteiger partial charge in [0, 0.05) is 18.1 Å². The van der Waals surface area contributed by atoms with Gasteiger partial charge in [-0.15, -0.1) is 0 Å². The maximum Gasteiger partial charge on any atom is 0.255 e. The molecule has 1 aromatic heterocycles. The second kappa shape index (κ2) is 4.20. The summed E-state index contributed by atoms with van der Waals surface area (Å²) in [6.45, 7) is 1.91. The molecule has 1 heterocycles. The number of hydrogen-bond acceptors (Lipinski definition) is 2. The second-order valence-electron chi connectivity index (χ2n) is 4.49. The van der Waals surface area contributed by atoms with Crippen LogP contribution in [0, 0.1) is 6.92 Å². The normalized spacial score (nSPS) is 17.9. The van der Waals surface area contributed by atoms with E-state index in [1.165, 1.54) is 6.42 Å². The minimum atomic E-state index is -0.0284. The summed E-state index contributed by atoms with van der Waals surface area (Å²) in [7, 11) is 1.84. The van der Waals surface area contributed by atoms with Gasteiger partial charge in [0.2, 0.25) is 0 Å². The Morgan fingerprint density at radius 2 is 2.38 bits per heavy atom. The molecular formula is C11H16BrN3O. The topological polar surface area (TPSA) is 46.9 Å². The zero-order valence-electron chi connectivity index (χ0n) is 9.59. The monoisotopic (exact) mass is 285 g/mol. The first-order valence-corrected chi connectivity index (χ1v) is 6.57. The number of carbonyl (C=O) groups excluding carboxylic acids is 1. The highest BCUT2D eigenvalue weighted by Crippen LogP contribution is 2.33. The molecule has 0 spiro atoms. The van der Waals surface area contributed by atoms with Crippen LogP contribution in [0.15, 0.2) is 6.20 Å². The molecule has 1 N–H and O–H groups in total. The number of nitrogens with zero attached hydrogens (tertiary/aromatic N) is 2. The highest BCUT2D eigenvalue weighted by molar-refractivity contribution is 9.09. The van der Waals surface area contributed by atoms with Gasteiger partial charge in [-0.1, -0.05) is 15.9 Å². The lowest BCUT2D eigenvalue weighted by Crippen LogP contribution is -2.54. The van der Waals surface area contributed by atoms with Gasteiger partial charge in [-0.25, -0.2) is 0 Å². The van der Waals surface area contributed by atoms with Crippen molar-refractivity contribution < 1.29 is 4.79 Å². The van der Waals surface area contributed by atoms with Crippen molar-refractivity contribution >= 4 is 21.8 Å². The van der Waals surface area contributed by atoms with E-state index in [2.05, 4.69) is 26.3 Å². The summed E-state index contributed by atoms with van der Waals surface area (Å²) in [6.07, 6.45) is 4.94. The molecule has 2 rings (SSSR count). The summed E-state index contributed by atoms with van der Waals surface area (Å²) in [5.74, 6) is -0.00949. The van der Waals surface area contributed by atoms with E-state index in [-0.39, 0.29) is 11.4 Å². The van der Waals surface area contributed by atoms with Crippen LogP contribution in [0.2, 0.25) is 0 Å². The van der Waals surface area contributed by atoms with Crippen molar-refractivity contribution in [2.75, 3.05) is 5.33 Å². The van der Waals surface area contributed by atoms with Crippen molar-refractivity contribution in [1.29, 1.82) is 0 Å². The summed E-state index contributed by atoms with van der Waals surface area (Å²) in [5.41, 5.74) is 1.55. The van der Waals surface area contributed by atoms with Crippen molar-refractivity contribution in [2.45, 2.75) is 31.7 Å².